The number of fused-ring (bicyclic) bond motifs is 1. The van der Waals surface area contributed by atoms with Gasteiger partial charge in [0.2, 0.25) is 5.91 Å². The van der Waals surface area contributed by atoms with Crippen molar-refractivity contribution in [2.45, 2.75) is 24.9 Å². The summed E-state index contributed by atoms with van der Waals surface area (Å²) in [6.45, 7) is 2.09. The van der Waals surface area contributed by atoms with Gasteiger partial charge in [-0.2, -0.15) is 0 Å². The minimum Gasteiger partial charge on any atom is -0.350 e. The van der Waals surface area contributed by atoms with Crippen molar-refractivity contribution in [2.24, 2.45) is 0 Å². The van der Waals surface area contributed by atoms with Crippen LogP contribution in [0, 0.1) is 6.92 Å². The van der Waals surface area contributed by atoms with Crippen LogP contribution in [-0.4, -0.2) is 31.3 Å². The number of aromatic nitrogens is 4. The van der Waals surface area contributed by atoms with Crippen LogP contribution in [0.4, 0.5) is 0 Å². The van der Waals surface area contributed by atoms with Gasteiger partial charge in [0.15, 0.2) is 5.65 Å². The molecule has 152 valence electrons. The zero-order valence-electron chi connectivity index (χ0n) is 16.7. The Morgan fingerprint density at radius 3 is 2.53 bits per heavy atom. The highest BCUT2D eigenvalue weighted by molar-refractivity contribution is 7.98. The van der Waals surface area contributed by atoms with Crippen LogP contribution in [0.3, 0.4) is 0 Å². The molecule has 0 fully saturated rings. The highest BCUT2D eigenvalue weighted by atomic mass is 32.2. The molecule has 0 aliphatic carbocycles. The summed E-state index contributed by atoms with van der Waals surface area (Å²) in [4.78, 5) is 31.1. The largest absolute Gasteiger partial charge is 0.352 e. The fourth-order valence-corrected chi connectivity index (χ4v) is 3.58. The summed E-state index contributed by atoms with van der Waals surface area (Å²) in [5, 5.41) is 7.18. The average Bonchev–Trinajstić information content (AvgIpc) is 3.07. The van der Waals surface area contributed by atoms with Crippen LogP contribution >= 0.6 is 11.8 Å². The number of nitrogens with zero attached hydrogens (tertiary/aromatic N) is 4. The molecule has 0 aliphatic rings. The van der Waals surface area contributed by atoms with E-state index >= 15 is 0 Å². The molecule has 8 heteroatoms. The summed E-state index contributed by atoms with van der Waals surface area (Å²) in [5.74, 6) is 0.233. The van der Waals surface area contributed by atoms with E-state index in [0.29, 0.717) is 18.0 Å². The Balaban J connectivity index is 1.56. The Hall–Kier alpha value is -3.39. The third kappa shape index (κ3) is 4.13. The normalized spacial score (nSPS) is 11.0. The molecule has 0 saturated carbocycles. The van der Waals surface area contributed by atoms with Crippen LogP contribution in [0.25, 0.3) is 17.0 Å². The first-order valence-corrected chi connectivity index (χ1v) is 10.7. The van der Waals surface area contributed by atoms with Gasteiger partial charge < -0.3 is 5.32 Å². The standard InChI is InChI=1S/C22H21N5O2S/c1-15-12-19-25-26(14-20(28)23-13-16-8-10-18(30-2)11-9-16)22(29)27(19)21(24-15)17-6-4-3-5-7-17/h3-12H,13-14H2,1-2H3,(H,23,28). The lowest BCUT2D eigenvalue weighted by Gasteiger charge is -2.06. The molecule has 2 aromatic heterocycles. The van der Waals surface area contributed by atoms with Gasteiger partial charge in [0.05, 0.1) is 0 Å². The van der Waals surface area contributed by atoms with E-state index in [2.05, 4.69) is 15.4 Å². The van der Waals surface area contributed by atoms with Gasteiger partial charge >= 0.3 is 5.69 Å². The van der Waals surface area contributed by atoms with Crippen molar-refractivity contribution < 1.29 is 4.79 Å². The van der Waals surface area contributed by atoms with Crippen molar-refractivity contribution >= 4 is 23.3 Å². The van der Waals surface area contributed by atoms with Gasteiger partial charge in [-0.1, -0.05) is 42.5 Å². The first-order chi connectivity index (χ1) is 14.5. The highest BCUT2D eigenvalue weighted by Gasteiger charge is 2.16. The molecule has 0 saturated heterocycles. The first kappa shape index (κ1) is 19.9. The predicted octanol–water partition coefficient (Wildman–Crippen LogP) is 2.90. The van der Waals surface area contributed by atoms with Crippen LogP contribution in [-0.2, 0) is 17.9 Å². The summed E-state index contributed by atoms with van der Waals surface area (Å²) < 4.78 is 2.62. The van der Waals surface area contributed by atoms with Crippen molar-refractivity contribution in [1.82, 2.24) is 24.5 Å². The molecule has 0 aliphatic heterocycles. The highest BCUT2D eigenvalue weighted by Crippen LogP contribution is 2.17. The smallest absolute Gasteiger partial charge is 0.350 e. The van der Waals surface area contributed by atoms with Crippen LogP contribution in [0.15, 0.2) is 70.4 Å². The third-order valence-corrected chi connectivity index (χ3v) is 5.41. The van der Waals surface area contributed by atoms with E-state index in [1.54, 1.807) is 17.8 Å². The molecule has 1 amide bonds. The fourth-order valence-electron chi connectivity index (χ4n) is 3.17. The lowest BCUT2D eigenvalue weighted by atomic mass is 10.2. The summed E-state index contributed by atoms with van der Waals surface area (Å²) in [7, 11) is 0. The molecule has 1 N–H and O–H groups in total. The predicted molar refractivity (Wildman–Crippen MR) is 117 cm³/mol. The Bertz CT molecular complexity index is 1250. The average molecular weight is 420 g/mol. The maximum absolute atomic E-state index is 13.0. The Morgan fingerprint density at radius 1 is 1.10 bits per heavy atom. The number of carbonyl (C=O) groups excluding carboxylic acids is 1. The van der Waals surface area contributed by atoms with Gasteiger partial charge in [0.1, 0.15) is 12.4 Å². The minimum atomic E-state index is -0.393. The SMILES string of the molecule is CSc1ccc(CNC(=O)Cn2nc3cc(C)nc(-c4ccccc4)n3c2=O)cc1. The molecule has 4 aromatic rings. The minimum absolute atomic E-state index is 0.156. The number of hydrogen-bond acceptors (Lipinski definition) is 5. The Kier molecular flexibility index (Phi) is 5.67. The molecular formula is C22H21N5O2S. The van der Waals surface area contributed by atoms with E-state index in [9.17, 15) is 9.59 Å². The van der Waals surface area contributed by atoms with Crippen molar-refractivity contribution in [3.8, 4) is 11.4 Å². The number of thioether (sulfide) groups is 1. The van der Waals surface area contributed by atoms with Crippen LogP contribution < -0.4 is 11.0 Å². The maximum atomic E-state index is 13.0. The second kappa shape index (κ2) is 8.54. The zero-order valence-corrected chi connectivity index (χ0v) is 17.5. The molecule has 4 rings (SSSR count). The zero-order chi connectivity index (χ0) is 21.1. The lowest BCUT2D eigenvalue weighted by molar-refractivity contribution is -0.122. The van der Waals surface area contributed by atoms with Crippen molar-refractivity contribution in [3.63, 3.8) is 0 Å². The molecule has 0 atom stereocenters. The fraction of sp³-hybridized carbons (Fsp3) is 0.182. The molecule has 7 nitrogen and oxygen atoms in total. The second-order valence-corrected chi connectivity index (χ2v) is 7.73. The van der Waals surface area contributed by atoms with E-state index in [0.717, 1.165) is 16.8 Å². The Labute approximate surface area is 177 Å². The number of aryl methyl sites for hydroxylation is 1. The number of carbonyl (C=O) groups is 1. The number of rotatable bonds is 6. The van der Waals surface area contributed by atoms with Gasteiger partial charge in [-0.25, -0.2) is 18.9 Å². The summed E-state index contributed by atoms with van der Waals surface area (Å²) in [6.07, 6.45) is 2.02. The number of hydrogen-bond donors (Lipinski definition) is 1. The van der Waals surface area contributed by atoms with Gasteiger partial charge in [-0.05, 0) is 30.9 Å². The molecule has 30 heavy (non-hydrogen) atoms. The molecule has 0 unspecified atom stereocenters. The maximum Gasteiger partial charge on any atom is 0.352 e. The molecule has 0 spiro atoms. The second-order valence-electron chi connectivity index (χ2n) is 6.85. The van der Waals surface area contributed by atoms with E-state index in [1.807, 2.05) is 67.8 Å². The topological polar surface area (TPSA) is 81.3 Å². The number of nitrogens with one attached hydrogen (secondary N) is 1. The number of benzene rings is 2. The summed E-state index contributed by atoms with van der Waals surface area (Å²) >= 11 is 1.67. The van der Waals surface area contributed by atoms with Crippen LogP contribution in [0.2, 0.25) is 0 Å². The summed E-state index contributed by atoms with van der Waals surface area (Å²) in [6, 6.07) is 19.2. The molecular weight excluding hydrogens is 398 g/mol. The van der Waals surface area contributed by atoms with Gasteiger partial charge in [-0.3, -0.25) is 4.79 Å². The van der Waals surface area contributed by atoms with Gasteiger partial charge in [-0.15, -0.1) is 16.9 Å². The molecule has 0 bridgehead atoms. The van der Waals surface area contributed by atoms with E-state index in [4.69, 9.17) is 0 Å². The first-order valence-electron chi connectivity index (χ1n) is 9.47. The van der Waals surface area contributed by atoms with Gasteiger partial charge in [0, 0.05) is 28.8 Å². The summed E-state index contributed by atoms with van der Waals surface area (Å²) in [5.41, 5.74) is 2.62. The van der Waals surface area contributed by atoms with E-state index in [-0.39, 0.29) is 12.5 Å². The number of amides is 1. The molecule has 2 heterocycles. The van der Waals surface area contributed by atoms with E-state index < -0.39 is 5.69 Å². The monoisotopic (exact) mass is 419 g/mol. The quantitative estimate of drug-likeness (QED) is 0.486. The van der Waals surface area contributed by atoms with Crippen LogP contribution in [0.5, 0.6) is 0 Å². The van der Waals surface area contributed by atoms with Crippen molar-refractivity contribution in [2.75, 3.05) is 6.26 Å². The van der Waals surface area contributed by atoms with Crippen LogP contribution in [0.1, 0.15) is 11.3 Å². The molecule has 0 radical (unpaired) electrons. The van der Waals surface area contributed by atoms with E-state index in [1.165, 1.54) is 14.0 Å². The van der Waals surface area contributed by atoms with Crippen molar-refractivity contribution in [1.29, 1.82) is 0 Å². The van der Waals surface area contributed by atoms with Gasteiger partial charge in [0.25, 0.3) is 0 Å². The molecule has 2 aromatic carbocycles. The van der Waals surface area contributed by atoms with Crippen molar-refractivity contribution in [3.05, 3.63) is 82.4 Å². The lowest BCUT2D eigenvalue weighted by Crippen LogP contribution is -2.32. The third-order valence-electron chi connectivity index (χ3n) is 4.67. The Morgan fingerprint density at radius 2 is 1.83 bits per heavy atom.